The highest BCUT2D eigenvalue weighted by atomic mass is 35.5. The van der Waals surface area contributed by atoms with Crippen LogP contribution in [-0.4, -0.2) is 26.3 Å². The van der Waals surface area contributed by atoms with Gasteiger partial charge in [-0.05, 0) is 57.2 Å². The fraction of sp³-hybridized carbons (Fsp3) is 1.00. The van der Waals surface area contributed by atoms with Crippen LogP contribution in [0.4, 0.5) is 0 Å². The van der Waals surface area contributed by atoms with E-state index >= 15 is 0 Å². The van der Waals surface area contributed by atoms with Crippen LogP contribution in [0, 0.1) is 5.92 Å². The first-order valence-corrected chi connectivity index (χ1v) is 7.72. The van der Waals surface area contributed by atoms with Crippen LogP contribution in [0.3, 0.4) is 0 Å². The molecule has 0 atom stereocenters. The van der Waals surface area contributed by atoms with E-state index in [4.69, 9.17) is 11.8 Å². The summed E-state index contributed by atoms with van der Waals surface area (Å²) in [6.45, 7) is 3.95. The maximum Gasteiger partial charge on any atom is 0.213 e. The van der Waals surface area contributed by atoms with Crippen molar-refractivity contribution in [1.29, 1.82) is 0 Å². The normalized spacial score (nSPS) is 27.2. The minimum atomic E-state index is -3.11. The van der Waals surface area contributed by atoms with E-state index in [0.29, 0.717) is 18.5 Å². The minimum Gasteiger partial charge on any atom is -0.230 e. The SMILES string of the molecule is CC(C)S(=O)(=O)NCC1CCC(NCl)CC1. The average molecular weight is 269 g/mol. The van der Waals surface area contributed by atoms with Crippen LogP contribution in [0.15, 0.2) is 0 Å². The monoisotopic (exact) mass is 268 g/mol. The van der Waals surface area contributed by atoms with Gasteiger partial charge in [0, 0.05) is 12.6 Å². The molecule has 0 amide bonds. The first-order chi connectivity index (χ1) is 7.45. The van der Waals surface area contributed by atoms with Gasteiger partial charge in [0.15, 0.2) is 0 Å². The lowest BCUT2D eigenvalue weighted by molar-refractivity contribution is 0.315. The Bertz CT molecular complexity index is 298. The van der Waals surface area contributed by atoms with Gasteiger partial charge in [0.05, 0.1) is 5.25 Å². The number of hydrogen-bond acceptors (Lipinski definition) is 3. The third-order valence-corrected chi connectivity index (χ3v) is 5.31. The number of rotatable bonds is 5. The van der Waals surface area contributed by atoms with Crippen molar-refractivity contribution >= 4 is 21.8 Å². The van der Waals surface area contributed by atoms with Crippen LogP contribution in [0.5, 0.6) is 0 Å². The number of nitrogens with one attached hydrogen (secondary N) is 2. The Balaban J connectivity index is 2.30. The van der Waals surface area contributed by atoms with E-state index in [1.54, 1.807) is 13.8 Å². The Hall–Kier alpha value is 0.160. The topological polar surface area (TPSA) is 58.2 Å². The quantitative estimate of drug-likeness (QED) is 0.745. The highest BCUT2D eigenvalue weighted by Gasteiger charge is 2.23. The maximum absolute atomic E-state index is 11.5. The van der Waals surface area contributed by atoms with Crippen LogP contribution in [-0.2, 0) is 10.0 Å². The molecule has 0 aliphatic heterocycles. The molecule has 0 saturated heterocycles. The van der Waals surface area contributed by atoms with Crippen molar-refractivity contribution in [1.82, 2.24) is 9.56 Å². The average Bonchev–Trinajstić information content (AvgIpc) is 2.27. The van der Waals surface area contributed by atoms with E-state index in [-0.39, 0.29) is 5.25 Å². The summed E-state index contributed by atoms with van der Waals surface area (Å²) in [6.07, 6.45) is 4.12. The molecule has 1 fully saturated rings. The molecule has 16 heavy (non-hydrogen) atoms. The molecule has 0 radical (unpaired) electrons. The maximum atomic E-state index is 11.5. The van der Waals surface area contributed by atoms with Crippen LogP contribution >= 0.6 is 11.8 Å². The molecule has 1 aliphatic carbocycles. The molecule has 1 aliphatic rings. The van der Waals surface area contributed by atoms with Gasteiger partial charge in [-0.3, -0.25) is 0 Å². The van der Waals surface area contributed by atoms with Gasteiger partial charge in [-0.2, -0.15) is 0 Å². The summed E-state index contributed by atoms with van der Waals surface area (Å²) in [5, 5.41) is -0.353. The van der Waals surface area contributed by atoms with Crippen molar-refractivity contribution in [3.8, 4) is 0 Å². The molecule has 2 N–H and O–H groups in total. The first kappa shape index (κ1) is 14.2. The summed E-state index contributed by atoms with van der Waals surface area (Å²) >= 11 is 5.56. The van der Waals surface area contributed by atoms with E-state index in [1.807, 2.05) is 0 Å². The van der Waals surface area contributed by atoms with Gasteiger partial charge < -0.3 is 0 Å². The molecule has 0 aromatic rings. The van der Waals surface area contributed by atoms with Crippen molar-refractivity contribution in [2.24, 2.45) is 5.92 Å². The zero-order valence-corrected chi connectivity index (χ0v) is 11.4. The molecule has 0 bridgehead atoms. The van der Waals surface area contributed by atoms with Crippen LogP contribution in [0.1, 0.15) is 39.5 Å². The van der Waals surface area contributed by atoms with Crippen molar-refractivity contribution in [2.45, 2.75) is 50.8 Å². The first-order valence-electron chi connectivity index (χ1n) is 5.80. The molecule has 0 unspecified atom stereocenters. The summed E-state index contributed by atoms with van der Waals surface area (Å²) in [5.41, 5.74) is 0. The highest BCUT2D eigenvalue weighted by Crippen LogP contribution is 2.24. The molecular formula is C10H21ClN2O2S. The van der Waals surface area contributed by atoms with E-state index in [2.05, 4.69) is 9.56 Å². The minimum absolute atomic E-state index is 0.353. The molecule has 1 saturated carbocycles. The van der Waals surface area contributed by atoms with E-state index in [0.717, 1.165) is 25.7 Å². The summed E-state index contributed by atoms with van der Waals surface area (Å²) in [6, 6.07) is 0.389. The third kappa shape index (κ3) is 4.20. The second-order valence-corrected chi connectivity index (χ2v) is 7.31. The summed E-state index contributed by atoms with van der Waals surface area (Å²) in [7, 11) is -3.11. The van der Waals surface area contributed by atoms with Gasteiger partial charge in [-0.25, -0.2) is 18.0 Å². The molecule has 4 nitrogen and oxygen atoms in total. The van der Waals surface area contributed by atoms with Gasteiger partial charge in [-0.1, -0.05) is 0 Å². The molecular weight excluding hydrogens is 248 g/mol. The zero-order valence-electron chi connectivity index (χ0n) is 9.87. The van der Waals surface area contributed by atoms with E-state index in [9.17, 15) is 8.42 Å². The third-order valence-electron chi connectivity index (χ3n) is 3.19. The second-order valence-electron chi connectivity index (χ2n) is 4.77. The van der Waals surface area contributed by atoms with E-state index in [1.165, 1.54) is 0 Å². The van der Waals surface area contributed by atoms with Gasteiger partial charge in [0.1, 0.15) is 0 Å². The molecule has 0 heterocycles. The lowest BCUT2D eigenvalue weighted by Crippen LogP contribution is -2.37. The Kier molecular flexibility index (Phi) is 5.50. The Morgan fingerprint density at radius 1 is 1.25 bits per heavy atom. The van der Waals surface area contributed by atoms with Crippen molar-refractivity contribution < 1.29 is 8.42 Å². The zero-order chi connectivity index (χ0) is 12.2. The van der Waals surface area contributed by atoms with Crippen molar-refractivity contribution in [3.63, 3.8) is 0 Å². The van der Waals surface area contributed by atoms with E-state index < -0.39 is 10.0 Å². The molecule has 0 aromatic carbocycles. The van der Waals surface area contributed by atoms with Gasteiger partial charge in [0.2, 0.25) is 10.0 Å². The summed E-state index contributed by atoms with van der Waals surface area (Å²) in [5.74, 6) is 0.454. The molecule has 1 rings (SSSR count). The molecule has 6 heteroatoms. The lowest BCUT2D eigenvalue weighted by Gasteiger charge is -2.27. The Labute approximate surface area is 103 Å². The van der Waals surface area contributed by atoms with Crippen LogP contribution in [0.25, 0.3) is 0 Å². The van der Waals surface area contributed by atoms with Gasteiger partial charge in [-0.15, -0.1) is 0 Å². The number of hydrogen-bond donors (Lipinski definition) is 2. The predicted octanol–water partition coefficient (Wildman–Crippen LogP) is 1.62. The molecule has 0 aromatic heterocycles. The number of halogens is 1. The van der Waals surface area contributed by atoms with Crippen LogP contribution < -0.4 is 9.56 Å². The molecule has 0 spiro atoms. The second kappa shape index (κ2) is 6.19. The smallest absolute Gasteiger partial charge is 0.213 e. The molecule has 96 valence electrons. The summed E-state index contributed by atoms with van der Waals surface area (Å²) < 4.78 is 25.8. The van der Waals surface area contributed by atoms with Gasteiger partial charge in [0.25, 0.3) is 0 Å². The highest BCUT2D eigenvalue weighted by molar-refractivity contribution is 7.90. The Morgan fingerprint density at radius 3 is 2.25 bits per heavy atom. The Morgan fingerprint density at radius 2 is 1.81 bits per heavy atom. The van der Waals surface area contributed by atoms with Crippen molar-refractivity contribution in [3.05, 3.63) is 0 Å². The largest absolute Gasteiger partial charge is 0.230 e. The lowest BCUT2D eigenvalue weighted by atomic mass is 9.87. The summed E-state index contributed by atoms with van der Waals surface area (Å²) in [4.78, 5) is 2.75. The fourth-order valence-electron chi connectivity index (χ4n) is 1.88. The van der Waals surface area contributed by atoms with Gasteiger partial charge >= 0.3 is 0 Å². The van der Waals surface area contributed by atoms with Crippen LogP contribution in [0.2, 0.25) is 0 Å². The predicted molar refractivity (Wildman–Crippen MR) is 66.8 cm³/mol. The fourth-order valence-corrected chi connectivity index (χ4v) is 2.90. The number of sulfonamides is 1. The standard InChI is InChI=1S/C10H21ClN2O2S/c1-8(2)16(14,15)12-7-9-3-5-10(13-11)6-4-9/h8-10,12-13H,3-7H2,1-2H3. The van der Waals surface area contributed by atoms with Crippen molar-refractivity contribution in [2.75, 3.05) is 6.54 Å².